The van der Waals surface area contributed by atoms with Crippen LogP contribution in [0.3, 0.4) is 0 Å². The van der Waals surface area contributed by atoms with Crippen molar-refractivity contribution in [1.82, 2.24) is 9.61 Å². The average molecular weight is 191 g/mol. The molecule has 4 heteroatoms. The molecule has 1 unspecified atom stereocenters. The van der Waals surface area contributed by atoms with Crippen molar-refractivity contribution in [1.29, 1.82) is 0 Å². The molecule has 0 aliphatic carbocycles. The molecule has 0 aliphatic rings. The van der Waals surface area contributed by atoms with Gasteiger partial charge in [-0.05, 0) is 31.2 Å². The Morgan fingerprint density at radius 2 is 2.36 bits per heavy atom. The Morgan fingerprint density at radius 1 is 1.50 bits per heavy atom. The summed E-state index contributed by atoms with van der Waals surface area (Å²) in [5.41, 5.74) is 7.03. The van der Waals surface area contributed by atoms with E-state index >= 15 is 0 Å². The van der Waals surface area contributed by atoms with Gasteiger partial charge in [-0.1, -0.05) is 6.07 Å². The van der Waals surface area contributed by atoms with Crippen molar-refractivity contribution in [3.63, 3.8) is 0 Å². The van der Waals surface area contributed by atoms with E-state index in [1.807, 2.05) is 30.5 Å². The van der Waals surface area contributed by atoms with E-state index in [0.717, 1.165) is 5.52 Å². The maximum absolute atomic E-state index is 9.67. The number of hydrogen-bond donors (Lipinski definition) is 2. The Hall–Kier alpha value is -1.39. The maximum Gasteiger partial charge on any atom is 0.0990 e. The minimum atomic E-state index is -0.556. The summed E-state index contributed by atoms with van der Waals surface area (Å²) in [6, 6.07) is 7.67. The van der Waals surface area contributed by atoms with Gasteiger partial charge >= 0.3 is 0 Å². The van der Waals surface area contributed by atoms with Gasteiger partial charge in [0, 0.05) is 6.20 Å². The molecule has 0 radical (unpaired) electrons. The fourth-order valence-corrected chi connectivity index (χ4v) is 1.43. The molecule has 0 spiro atoms. The maximum atomic E-state index is 9.67. The van der Waals surface area contributed by atoms with Crippen LogP contribution in [0.1, 0.15) is 18.2 Å². The van der Waals surface area contributed by atoms with Crippen molar-refractivity contribution in [2.45, 2.75) is 12.5 Å². The predicted octanol–water partition coefficient (Wildman–Crippen LogP) is 0.717. The second kappa shape index (κ2) is 3.77. The summed E-state index contributed by atoms with van der Waals surface area (Å²) in [7, 11) is 0. The van der Waals surface area contributed by atoms with Gasteiger partial charge in [0.2, 0.25) is 0 Å². The topological polar surface area (TPSA) is 63.5 Å². The molecule has 0 amide bonds. The number of aromatic nitrogens is 2. The number of fused-ring (bicyclic) bond motifs is 1. The van der Waals surface area contributed by atoms with Crippen LogP contribution in [-0.2, 0) is 0 Å². The van der Waals surface area contributed by atoms with Gasteiger partial charge in [0.1, 0.15) is 0 Å². The van der Waals surface area contributed by atoms with Gasteiger partial charge in [-0.3, -0.25) is 0 Å². The lowest BCUT2D eigenvalue weighted by molar-refractivity contribution is 0.165. The van der Waals surface area contributed by atoms with Crippen LogP contribution in [0.5, 0.6) is 0 Å². The van der Waals surface area contributed by atoms with Crippen molar-refractivity contribution in [2.24, 2.45) is 5.73 Å². The molecule has 74 valence electrons. The molecular weight excluding hydrogens is 178 g/mol. The zero-order valence-electron chi connectivity index (χ0n) is 7.80. The van der Waals surface area contributed by atoms with Crippen molar-refractivity contribution in [2.75, 3.05) is 6.54 Å². The van der Waals surface area contributed by atoms with Crippen molar-refractivity contribution < 1.29 is 5.11 Å². The lowest BCUT2D eigenvalue weighted by atomic mass is 10.2. The molecule has 3 N–H and O–H groups in total. The molecular formula is C10H13N3O. The normalized spacial score (nSPS) is 13.3. The van der Waals surface area contributed by atoms with E-state index in [2.05, 4.69) is 5.10 Å². The predicted molar refractivity (Wildman–Crippen MR) is 53.8 cm³/mol. The molecule has 14 heavy (non-hydrogen) atoms. The first-order valence-electron chi connectivity index (χ1n) is 4.63. The highest BCUT2D eigenvalue weighted by molar-refractivity contribution is 5.47. The summed E-state index contributed by atoms with van der Waals surface area (Å²) in [5, 5.41) is 13.9. The average Bonchev–Trinajstić information content (AvgIpc) is 2.61. The molecule has 0 aromatic carbocycles. The summed E-state index contributed by atoms with van der Waals surface area (Å²) in [6.07, 6.45) is 1.85. The molecule has 2 aromatic rings. The summed E-state index contributed by atoms with van der Waals surface area (Å²) in [5.74, 6) is 0. The highest BCUT2D eigenvalue weighted by Gasteiger charge is 2.10. The molecule has 0 saturated heterocycles. The highest BCUT2D eigenvalue weighted by atomic mass is 16.3. The van der Waals surface area contributed by atoms with Crippen LogP contribution in [0.15, 0.2) is 30.5 Å². The van der Waals surface area contributed by atoms with Crippen LogP contribution in [0.25, 0.3) is 5.52 Å². The Balaban J connectivity index is 2.35. The third-order valence-corrected chi connectivity index (χ3v) is 2.17. The number of rotatable bonds is 3. The van der Waals surface area contributed by atoms with Crippen LogP contribution in [-0.4, -0.2) is 21.3 Å². The second-order valence-electron chi connectivity index (χ2n) is 3.23. The summed E-state index contributed by atoms with van der Waals surface area (Å²) < 4.78 is 1.75. The molecule has 2 aromatic heterocycles. The minimum absolute atomic E-state index is 0.467. The van der Waals surface area contributed by atoms with E-state index in [9.17, 15) is 5.11 Å². The number of pyridine rings is 1. The van der Waals surface area contributed by atoms with E-state index in [0.29, 0.717) is 18.7 Å². The Labute approximate surface area is 82.0 Å². The number of nitrogens with zero attached hydrogens (tertiary/aromatic N) is 2. The zero-order valence-corrected chi connectivity index (χ0v) is 7.80. The monoisotopic (exact) mass is 191 g/mol. The Kier molecular flexibility index (Phi) is 2.47. The molecule has 2 rings (SSSR count). The molecule has 0 saturated carbocycles. The van der Waals surface area contributed by atoms with Crippen molar-refractivity contribution >= 4 is 5.52 Å². The van der Waals surface area contributed by atoms with E-state index in [1.54, 1.807) is 4.52 Å². The summed E-state index contributed by atoms with van der Waals surface area (Å²) in [4.78, 5) is 0. The molecule has 0 bridgehead atoms. The van der Waals surface area contributed by atoms with Gasteiger partial charge in [-0.25, -0.2) is 4.52 Å². The smallest absolute Gasteiger partial charge is 0.0990 e. The molecule has 2 heterocycles. The summed E-state index contributed by atoms with van der Waals surface area (Å²) >= 11 is 0. The lowest BCUT2D eigenvalue weighted by Crippen LogP contribution is -2.07. The molecule has 4 nitrogen and oxygen atoms in total. The van der Waals surface area contributed by atoms with E-state index in [4.69, 9.17) is 5.73 Å². The quantitative estimate of drug-likeness (QED) is 0.751. The highest BCUT2D eigenvalue weighted by Crippen LogP contribution is 2.16. The summed E-state index contributed by atoms with van der Waals surface area (Å²) in [6.45, 7) is 0.467. The van der Waals surface area contributed by atoms with Gasteiger partial charge in [0.05, 0.1) is 17.3 Å². The van der Waals surface area contributed by atoms with Gasteiger partial charge in [-0.2, -0.15) is 5.10 Å². The zero-order chi connectivity index (χ0) is 9.97. The number of nitrogens with two attached hydrogens (primary N) is 1. The van der Waals surface area contributed by atoms with Gasteiger partial charge in [0.25, 0.3) is 0 Å². The first-order chi connectivity index (χ1) is 6.81. The Morgan fingerprint density at radius 3 is 3.07 bits per heavy atom. The van der Waals surface area contributed by atoms with Gasteiger partial charge in [-0.15, -0.1) is 0 Å². The SMILES string of the molecule is NCCC(O)c1cc2ccccn2n1. The Bertz CT molecular complexity index is 391. The number of aliphatic hydroxyl groups excluding tert-OH is 1. The standard InChI is InChI=1S/C10H13N3O/c11-5-4-10(14)9-7-8-3-1-2-6-13(8)12-9/h1-3,6-7,10,14H,4-5,11H2. The van der Waals surface area contributed by atoms with Crippen LogP contribution < -0.4 is 5.73 Å². The molecule has 1 atom stereocenters. The fourth-order valence-electron chi connectivity index (χ4n) is 1.43. The number of hydrogen-bond acceptors (Lipinski definition) is 3. The van der Waals surface area contributed by atoms with Crippen LogP contribution in [0.2, 0.25) is 0 Å². The number of aliphatic hydroxyl groups is 1. The third-order valence-electron chi connectivity index (χ3n) is 2.17. The van der Waals surface area contributed by atoms with E-state index < -0.39 is 6.10 Å². The fraction of sp³-hybridized carbons (Fsp3) is 0.300. The first-order valence-corrected chi connectivity index (χ1v) is 4.63. The second-order valence-corrected chi connectivity index (χ2v) is 3.23. The van der Waals surface area contributed by atoms with Crippen LogP contribution >= 0.6 is 0 Å². The lowest BCUT2D eigenvalue weighted by Gasteiger charge is -2.03. The minimum Gasteiger partial charge on any atom is -0.387 e. The van der Waals surface area contributed by atoms with Gasteiger partial charge in [0.15, 0.2) is 0 Å². The van der Waals surface area contributed by atoms with Crippen LogP contribution in [0, 0.1) is 0 Å². The first kappa shape index (κ1) is 9.18. The third kappa shape index (κ3) is 1.62. The van der Waals surface area contributed by atoms with Crippen molar-refractivity contribution in [3.05, 3.63) is 36.2 Å². The van der Waals surface area contributed by atoms with Gasteiger partial charge < -0.3 is 10.8 Å². The molecule has 0 fully saturated rings. The van der Waals surface area contributed by atoms with Crippen LogP contribution in [0.4, 0.5) is 0 Å². The largest absolute Gasteiger partial charge is 0.387 e. The van der Waals surface area contributed by atoms with Crippen molar-refractivity contribution in [3.8, 4) is 0 Å². The molecule has 0 aliphatic heterocycles. The van der Waals surface area contributed by atoms with E-state index in [-0.39, 0.29) is 0 Å². The van der Waals surface area contributed by atoms with E-state index in [1.165, 1.54) is 0 Å².